The van der Waals surface area contributed by atoms with E-state index in [1.165, 1.54) is 18.7 Å². The van der Waals surface area contributed by atoms with Gasteiger partial charge in [-0.05, 0) is 32.4 Å². The number of aliphatic hydroxyl groups is 2. The highest BCUT2D eigenvalue weighted by Crippen LogP contribution is 2.23. The molecule has 1 atom stereocenters. The van der Waals surface area contributed by atoms with Crippen LogP contribution >= 0.6 is 11.8 Å². The predicted octanol–water partition coefficient (Wildman–Crippen LogP) is 1.26. The van der Waals surface area contributed by atoms with Crippen LogP contribution in [-0.2, 0) is 4.79 Å². The second-order valence-electron chi connectivity index (χ2n) is 4.99. The van der Waals surface area contributed by atoms with Crippen LogP contribution in [0.15, 0.2) is 23.1 Å². The highest BCUT2D eigenvalue weighted by atomic mass is 32.2. The monoisotopic (exact) mass is 283 g/mol. The minimum absolute atomic E-state index is 0.0513. The first-order valence-corrected chi connectivity index (χ1v) is 7.12. The summed E-state index contributed by atoms with van der Waals surface area (Å²) in [6.07, 6.45) is 0. The number of aliphatic hydroxyl groups excluding tert-OH is 1. The van der Waals surface area contributed by atoms with E-state index >= 15 is 0 Å². The van der Waals surface area contributed by atoms with Gasteiger partial charge >= 0.3 is 0 Å². The molecular formula is C14H21NO3S. The zero-order chi connectivity index (χ0) is 14.5. The van der Waals surface area contributed by atoms with Crippen LogP contribution in [-0.4, -0.2) is 40.6 Å². The maximum atomic E-state index is 11.7. The summed E-state index contributed by atoms with van der Waals surface area (Å²) in [6.45, 7) is 5.18. The average Bonchev–Trinajstić information content (AvgIpc) is 2.37. The Hall–Kier alpha value is -1.04. The molecular weight excluding hydrogens is 262 g/mol. The van der Waals surface area contributed by atoms with Gasteiger partial charge < -0.3 is 15.5 Å². The van der Waals surface area contributed by atoms with Gasteiger partial charge in [0.1, 0.15) is 5.60 Å². The normalized spacial score (nSPS) is 13.9. The van der Waals surface area contributed by atoms with E-state index in [1.54, 1.807) is 0 Å². The Morgan fingerprint density at radius 2 is 2.11 bits per heavy atom. The Labute approximate surface area is 118 Å². The molecule has 4 nitrogen and oxygen atoms in total. The van der Waals surface area contributed by atoms with Gasteiger partial charge in [-0.3, -0.25) is 4.79 Å². The smallest absolute Gasteiger partial charge is 0.230 e. The van der Waals surface area contributed by atoms with Crippen molar-refractivity contribution in [1.29, 1.82) is 0 Å². The van der Waals surface area contributed by atoms with E-state index in [-0.39, 0.29) is 19.1 Å². The maximum Gasteiger partial charge on any atom is 0.230 e. The lowest BCUT2D eigenvalue weighted by Crippen LogP contribution is -2.43. The molecule has 1 aromatic rings. The minimum atomic E-state index is -1.26. The Morgan fingerprint density at radius 1 is 1.42 bits per heavy atom. The fraction of sp³-hybridized carbons (Fsp3) is 0.500. The number of amides is 1. The number of thioether (sulfide) groups is 1. The van der Waals surface area contributed by atoms with Gasteiger partial charge in [-0.2, -0.15) is 0 Å². The summed E-state index contributed by atoms with van der Waals surface area (Å²) in [6, 6.07) is 6.13. The van der Waals surface area contributed by atoms with Crippen LogP contribution in [0.25, 0.3) is 0 Å². The number of rotatable bonds is 6. The standard InChI is InChI=1S/C14H21NO3S/c1-10-4-5-11(2)12(6-10)19-7-13(17)15-8-14(3,18)9-16/h4-6,16,18H,7-9H2,1-3H3,(H,15,17). The molecule has 106 valence electrons. The van der Waals surface area contributed by atoms with Crippen LogP contribution in [0.5, 0.6) is 0 Å². The van der Waals surface area contributed by atoms with E-state index in [0.29, 0.717) is 5.75 Å². The number of hydrogen-bond acceptors (Lipinski definition) is 4. The van der Waals surface area contributed by atoms with Crippen molar-refractivity contribution in [1.82, 2.24) is 5.32 Å². The van der Waals surface area contributed by atoms with Crippen molar-refractivity contribution >= 4 is 17.7 Å². The van der Waals surface area contributed by atoms with Gasteiger partial charge in [-0.25, -0.2) is 0 Å². The third kappa shape index (κ3) is 5.63. The summed E-state index contributed by atoms with van der Waals surface area (Å²) < 4.78 is 0. The van der Waals surface area contributed by atoms with Crippen LogP contribution in [0.2, 0.25) is 0 Å². The molecule has 0 aliphatic heterocycles. The van der Waals surface area contributed by atoms with Gasteiger partial charge in [0, 0.05) is 11.4 Å². The summed E-state index contributed by atoms with van der Waals surface area (Å²) in [5.41, 5.74) is 1.04. The van der Waals surface area contributed by atoms with E-state index in [1.807, 2.05) is 26.0 Å². The molecule has 0 bridgehead atoms. The van der Waals surface area contributed by atoms with Crippen molar-refractivity contribution in [2.75, 3.05) is 18.9 Å². The number of aryl methyl sites for hydroxylation is 2. The number of carbonyl (C=O) groups is 1. The lowest BCUT2D eigenvalue weighted by molar-refractivity contribution is -0.120. The topological polar surface area (TPSA) is 69.6 Å². The second kappa shape index (κ2) is 6.93. The Morgan fingerprint density at radius 3 is 2.74 bits per heavy atom. The van der Waals surface area contributed by atoms with Gasteiger partial charge in [0.25, 0.3) is 0 Å². The van der Waals surface area contributed by atoms with Crippen molar-refractivity contribution in [3.05, 3.63) is 29.3 Å². The molecule has 0 heterocycles. The molecule has 3 N–H and O–H groups in total. The predicted molar refractivity (Wildman–Crippen MR) is 77.4 cm³/mol. The summed E-state index contributed by atoms with van der Waals surface area (Å²) in [7, 11) is 0. The van der Waals surface area contributed by atoms with E-state index < -0.39 is 5.60 Å². The summed E-state index contributed by atoms with van der Waals surface area (Å²) in [5, 5.41) is 21.0. The molecule has 1 unspecified atom stereocenters. The quantitative estimate of drug-likeness (QED) is 0.687. The second-order valence-corrected chi connectivity index (χ2v) is 6.01. The Kier molecular flexibility index (Phi) is 5.85. The zero-order valence-corrected chi connectivity index (χ0v) is 12.4. The van der Waals surface area contributed by atoms with Gasteiger partial charge in [0.2, 0.25) is 5.91 Å². The van der Waals surface area contributed by atoms with E-state index in [0.717, 1.165) is 16.0 Å². The molecule has 0 fully saturated rings. The lowest BCUT2D eigenvalue weighted by Gasteiger charge is -2.20. The molecule has 0 aromatic heterocycles. The maximum absolute atomic E-state index is 11.7. The molecule has 1 aromatic carbocycles. The fourth-order valence-electron chi connectivity index (χ4n) is 1.40. The fourth-order valence-corrected chi connectivity index (χ4v) is 2.36. The molecule has 0 saturated carbocycles. The van der Waals surface area contributed by atoms with Crippen molar-refractivity contribution < 1.29 is 15.0 Å². The van der Waals surface area contributed by atoms with Crippen LogP contribution < -0.4 is 5.32 Å². The summed E-state index contributed by atoms with van der Waals surface area (Å²) in [5.74, 6) is 0.144. The highest BCUT2D eigenvalue weighted by molar-refractivity contribution is 8.00. The first kappa shape index (κ1) is 16.0. The summed E-state index contributed by atoms with van der Waals surface area (Å²) >= 11 is 1.47. The molecule has 0 radical (unpaired) electrons. The highest BCUT2D eigenvalue weighted by Gasteiger charge is 2.19. The largest absolute Gasteiger partial charge is 0.393 e. The average molecular weight is 283 g/mol. The van der Waals surface area contributed by atoms with E-state index in [4.69, 9.17) is 5.11 Å². The molecule has 0 spiro atoms. The van der Waals surface area contributed by atoms with Crippen molar-refractivity contribution in [2.45, 2.75) is 31.3 Å². The first-order valence-electron chi connectivity index (χ1n) is 6.14. The van der Waals surface area contributed by atoms with Gasteiger partial charge in [0.15, 0.2) is 0 Å². The summed E-state index contributed by atoms with van der Waals surface area (Å²) in [4.78, 5) is 12.7. The third-order valence-corrected chi connectivity index (χ3v) is 3.87. The van der Waals surface area contributed by atoms with Crippen molar-refractivity contribution in [2.24, 2.45) is 0 Å². The van der Waals surface area contributed by atoms with E-state index in [9.17, 15) is 9.90 Å². The van der Waals surface area contributed by atoms with Crippen LogP contribution in [0, 0.1) is 13.8 Å². The van der Waals surface area contributed by atoms with Gasteiger partial charge in [0.05, 0.1) is 12.4 Å². The molecule has 1 amide bonds. The van der Waals surface area contributed by atoms with Crippen molar-refractivity contribution in [3.8, 4) is 0 Å². The number of nitrogens with one attached hydrogen (secondary N) is 1. The zero-order valence-electron chi connectivity index (χ0n) is 11.6. The number of benzene rings is 1. The molecule has 0 aliphatic rings. The van der Waals surface area contributed by atoms with Gasteiger partial charge in [-0.15, -0.1) is 11.8 Å². The lowest BCUT2D eigenvalue weighted by atomic mass is 10.1. The molecule has 0 saturated heterocycles. The third-order valence-electron chi connectivity index (χ3n) is 2.71. The van der Waals surface area contributed by atoms with Crippen molar-refractivity contribution in [3.63, 3.8) is 0 Å². The van der Waals surface area contributed by atoms with Crippen LogP contribution in [0.1, 0.15) is 18.1 Å². The SMILES string of the molecule is Cc1ccc(C)c(SCC(=O)NCC(C)(O)CO)c1. The first-order chi connectivity index (χ1) is 8.84. The van der Waals surface area contributed by atoms with Gasteiger partial charge in [-0.1, -0.05) is 17.7 Å². The van der Waals surface area contributed by atoms with Crippen LogP contribution in [0.3, 0.4) is 0 Å². The minimum Gasteiger partial charge on any atom is -0.393 e. The molecule has 19 heavy (non-hydrogen) atoms. The number of hydrogen-bond donors (Lipinski definition) is 3. The van der Waals surface area contributed by atoms with E-state index in [2.05, 4.69) is 11.4 Å². The number of carbonyl (C=O) groups excluding carboxylic acids is 1. The van der Waals surface area contributed by atoms with Crippen LogP contribution in [0.4, 0.5) is 0 Å². The Bertz CT molecular complexity index is 446. The molecule has 0 aliphatic carbocycles. The molecule has 5 heteroatoms. The molecule has 1 rings (SSSR count). The Balaban J connectivity index is 2.44.